The molecule has 0 spiro atoms. The number of carboxylic acid groups (broad SMARTS) is 1. The van der Waals surface area contributed by atoms with Crippen LogP contribution in [0.5, 0.6) is 0 Å². The van der Waals surface area contributed by atoms with E-state index in [-0.39, 0.29) is 23.8 Å². The normalized spacial score (nSPS) is 18.9. The Hall–Kier alpha value is -2.48. The lowest BCUT2D eigenvalue weighted by molar-refractivity contribution is -0.385. The second-order valence-electron chi connectivity index (χ2n) is 5.52. The molecule has 1 amide bonds. The summed E-state index contributed by atoms with van der Waals surface area (Å²) in [6, 6.07) is 2.98. The molecule has 0 aromatic heterocycles. The Kier molecular flexibility index (Phi) is 5.28. The quantitative estimate of drug-likeness (QED) is 0.626. The third-order valence-electron chi connectivity index (χ3n) is 3.89. The highest BCUT2D eigenvalue weighted by Crippen LogP contribution is 2.21. The van der Waals surface area contributed by atoms with Gasteiger partial charge in [-0.2, -0.15) is 0 Å². The maximum absolute atomic E-state index is 12.3. The summed E-state index contributed by atoms with van der Waals surface area (Å²) in [5, 5.41) is 22.7. The van der Waals surface area contributed by atoms with Crippen molar-refractivity contribution >= 4 is 17.6 Å². The minimum atomic E-state index is -1.14. The van der Waals surface area contributed by atoms with Gasteiger partial charge in [0.25, 0.3) is 11.6 Å². The van der Waals surface area contributed by atoms with Gasteiger partial charge < -0.3 is 15.2 Å². The van der Waals surface area contributed by atoms with Crippen LogP contribution in [0, 0.1) is 23.0 Å². The number of benzene rings is 1. The minimum absolute atomic E-state index is 0.0604. The van der Waals surface area contributed by atoms with Crippen molar-refractivity contribution in [1.29, 1.82) is 0 Å². The average Bonchev–Trinajstić information content (AvgIpc) is 2.53. The fourth-order valence-electron chi connectivity index (χ4n) is 2.58. The molecule has 1 aromatic rings. The zero-order valence-corrected chi connectivity index (χ0v) is 12.7. The Balaban J connectivity index is 2.17. The molecule has 1 heterocycles. The largest absolute Gasteiger partial charge is 0.480 e. The number of carbonyl (C=O) groups excluding carboxylic acids is 1. The first kappa shape index (κ1) is 16.9. The molecule has 1 aliphatic rings. The summed E-state index contributed by atoms with van der Waals surface area (Å²) < 4.78 is 5.26. The number of hydrogen-bond donors (Lipinski definition) is 2. The van der Waals surface area contributed by atoms with E-state index in [1.165, 1.54) is 12.1 Å². The summed E-state index contributed by atoms with van der Waals surface area (Å²) in [5.74, 6) is -2.10. The molecule has 1 aliphatic heterocycles. The Morgan fingerprint density at radius 2 is 2.22 bits per heavy atom. The molecule has 8 nitrogen and oxygen atoms in total. The van der Waals surface area contributed by atoms with Crippen molar-refractivity contribution in [3.8, 4) is 0 Å². The van der Waals surface area contributed by atoms with Gasteiger partial charge >= 0.3 is 5.97 Å². The maximum Gasteiger partial charge on any atom is 0.326 e. The number of nitrogens with zero attached hydrogens (tertiary/aromatic N) is 1. The van der Waals surface area contributed by atoms with Crippen LogP contribution in [0.4, 0.5) is 5.69 Å². The van der Waals surface area contributed by atoms with E-state index >= 15 is 0 Å². The summed E-state index contributed by atoms with van der Waals surface area (Å²) in [7, 11) is 0. The first-order valence-corrected chi connectivity index (χ1v) is 7.26. The molecule has 124 valence electrons. The predicted molar refractivity (Wildman–Crippen MR) is 80.3 cm³/mol. The van der Waals surface area contributed by atoms with E-state index in [0.717, 1.165) is 12.5 Å². The van der Waals surface area contributed by atoms with Crippen molar-refractivity contribution in [1.82, 2.24) is 5.32 Å². The number of nitro benzene ring substituents is 1. The molecule has 1 aromatic carbocycles. The van der Waals surface area contributed by atoms with E-state index in [1.807, 2.05) is 0 Å². The summed E-state index contributed by atoms with van der Waals surface area (Å²) in [4.78, 5) is 34.0. The fourth-order valence-corrected chi connectivity index (χ4v) is 2.58. The van der Waals surface area contributed by atoms with Gasteiger partial charge in [0.2, 0.25) is 0 Å². The minimum Gasteiger partial charge on any atom is -0.480 e. The molecule has 0 saturated carbocycles. The van der Waals surface area contributed by atoms with Crippen molar-refractivity contribution < 1.29 is 24.4 Å². The van der Waals surface area contributed by atoms with Gasteiger partial charge in [-0.15, -0.1) is 0 Å². The van der Waals surface area contributed by atoms with Crippen molar-refractivity contribution in [2.24, 2.45) is 5.92 Å². The second-order valence-corrected chi connectivity index (χ2v) is 5.52. The van der Waals surface area contributed by atoms with Crippen LogP contribution in [0.15, 0.2) is 18.2 Å². The van der Waals surface area contributed by atoms with Crippen LogP contribution in [0.2, 0.25) is 0 Å². The summed E-state index contributed by atoms with van der Waals surface area (Å²) in [6.45, 7) is 2.42. The highest BCUT2D eigenvalue weighted by Gasteiger charge is 2.31. The third kappa shape index (κ3) is 4.04. The van der Waals surface area contributed by atoms with Crippen molar-refractivity contribution in [3.05, 3.63) is 39.4 Å². The molecule has 0 bridgehead atoms. The van der Waals surface area contributed by atoms with Gasteiger partial charge in [-0.3, -0.25) is 14.9 Å². The van der Waals surface area contributed by atoms with Crippen molar-refractivity contribution in [2.45, 2.75) is 25.8 Å². The number of hydrogen-bond acceptors (Lipinski definition) is 5. The number of aliphatic carboxylic acids is 1. The number of nitro groups is 1. The van der Waals surface area contributed by atoms with E-state index in [9.17, 15) is 24.8 Å². The maximum atomic E-state index is 12.3. The molecule has 1 saturated heterocycles. The fraction of sp³-hybridized carbons (Fsp3) is 0.467. The van der Waals surface area contributed by atoms with Crippen molar-refractivity contribution in [2.75, 3.05) is 13.2 Å². The Morgan fingerprint density at radius 1 is 1.48 bits per heavy atom. The molecule has 2 rings (SSSR count). The molecule has 0 radical (unpaired) electrons. The lowest BCUT2D eigenvalue weighted by Gasteiger charge is -2.28. The highest BCUT2D eigenvalue weighted by atomic mass is 16.6. The van der Waals surface area contributed by atoms with Crippen molar-refractivity contribution in [3.63, 3.8) is 0 Å². The van der Waals surface area contributed by atoms with Crippen LogP contribution in [-0.4, -0.2) is 41.2 Å². The van der Waals surface area contributed by atoms with Crippen LogP contribution in [-0.2, 0) is 9.53 Å². The van der Waals surface area contributed by atoms with Gasteiger partial charge in [-0.25, -0.2) is 4.79 Å². The third-order valence-corrected chi connectivity index (χ3v) is 3.89. The molecule has 8 heteroatoms. The van der Waals surface area contributed by atoms with Crippen LogP contribution in [0.3, 0.4) is 0 Å². The molecule has 2 atom stereocenters. The average molecular weight is 322 g/mol. The van der Waals surface area contributed by atoms with Crippen LogP contribution >= 0.6 is 0 Å². The monoisotopic (exact) mass is 322 g/mol. The first-order chi connectivity index (χ1) is 10.9. The van der Waals surface area contributed by atoms with E-state index in [0.29, 0.717) is 18.6 Å². The zero-order chi connectivity index (χ0) is 17.0. The number of nitrogens with one attached hydrogen (secondary N) is 1. The zero-order valence-electron chi connectivity index (χ0n) is 12.7. The second kappa shape index (κ2) is 7.19. The number of ether oxygens (including phenoxy) is 1. The lowest BCUT2D eigenvalue weighted by atomic mass is 9.93. The Labute approximate surface area is 132 Å². The van der Waals surface area contributed by atoms with Crippen LogP contribution in [0.1, 0.15) is 28.8 Å². The number of carboxylic acids is 1. The number of amides is 1. The Bertz CT molecular complexity index is 624. The van der Waals surface area contributed by atoms with Gasteiger partial charge in [0.15, 0.2) is 0 Å². The first-order valence-electron chi connectivity index (χ1n) is 7.26. The summed E-state index contributed by atoms with van der Waals surface area (Å²) in [6.07, 6.45) is 1.38. The van der Waals surface area contributed by atoms with Crippen LogP contribution in [0.25, 0.3) is 0 Å². The van der Waals surface area contributed by atoms with Crippen LogP contribution < -0.4 is 5.32 Å². The van der Waals surface area contributed by atoms with Gasteiger partial charge in [0, 0.05) is 29.7 Å². The molecular formula is C15H18N2O6. The topological polar surface area (TPSA) is 119 Å². The molecule has 0 aliphatic carbocycles. The molecule has 2 unspecified atom stereocenters. The lowest BCUT2D eigenvalue weighted by Crippen LogP contribution is -2.48. The summed E-state index contributed by atoms with van der Waals surface area (Å²) in [5.41, 5.74) is 0.317. The molecule has 23 heavy (non-hydrogen) atoms. The smallest absolute Gasteiger partial charge is 0.326 e. The standard InChI is InChI=1S/C15H18N2O6/c1-9-4-5-10(7-12(9)17(21)22)14(18)16-13(15(19)20)11-3-2-6-23-8-11/h4-5,7,11,13H,2-3,6,8H2,1H3,(H,16,18)(H,19,20). The van der Waals surface area contributed by atoms with Gasteiger partial charge in [0.1, 0.15) is 6.04 Å². The molecular weight excluding hydrogens is 304 g/mol. The molecule has 2 N–H and O–H groups in total. The molecule has 1 fully saturated rings. The van der Waals surface area contributed by atoms with E-state index in [1.54, 1.807) is 6.92 Å². The Morgan fingerprint density at radius 3 is 2.78 bits per heavy atom. The van der Waals surface area contributed by atoms with E-state index < -0.39 is 22.8 Å². The number of rotatable bonds is 5. The number of carbonyl (C=O) groups is 2. The number of aryl methyl sites for hydroxylation is 1. The predicted octanol–water partition coefficient (Wildman–Crippen LogP) is 1.51. The SMILES string of the molecule is Cc1ccc(C(=O)NC(C(=O)O)C2CCCOC2)cc1[N+](=O)[O-]. The van der Waals surface area contributed by atoms with E-state index in [4.69, 9.17) is 4.74 Å². The van der Waals surface area contributed by atoms with Gasteiger partial charge in [-0.05, 0) is 25.8 Å². The summed E-state index contributed by atoms with van der Waals surface area (Å²) >= 11 is 0. The van der Waals surface area contributed by atoms with E-state index in [2.05, 4.69) is 5.32 Å². The van der Waals surface area contributed by atoms with Gasteiger partial charge in [-0.1, -0.05) is 6.07 Å². The highest BCUT2D eigenvalue weighted by molar-refractivity contribution is 5.97. The van der Waals surface area contributed by atoms with Gasteiger partial charge in [0.05, 0.1) is 11.5 Å².